The summed E-state index contributed by atoms with van der Waals surface area (Å²) >= 11 is 0. The van der Waals surface area contributed by atoms with E-state index in [2.05, 4.69) is 5.32 Å². The van der Waals surface area contributed by atoms with Crippen molar-refractivity contribution in [1.82, 2.24) is 4.57 Å². The molecule has 3 aromatic rings. The Hall–Kier alpha value is -3.08. The first-order valence-corrected chi connectivity index (χ1v) is 10.7. The van der Waals surface area contributed by atoms with Gasteiger partial charge in [-0.25, -0.2) is 9.18 Å². The summed E-state index contributed by atoms with van der Waals surface area (Å²) in [6.07, 6.45) is -10.2. The molecule has 0 bridgehead atoms. The fraction of sp³-hybridized carbons (Fsp3) is 0.375. The van der Waals surface area contributed by atoms with E-state index in [0.717, 1.165) is 4.57 Å². The molecule has 0 radical (unpaired) electrons. The molecule has 2 aromatic carbocycles. The van der Waals surface area contributed by atoms with Crippen molar-refractivity contribution in [3.8, 4) is 0 Å². The van der Waals surface area contributed by atoms with Gasteiger partial charge in [-0.3, -0.25) is 4.57 Å². The van der Waals surface area contributed by atoms with Crippen molar-refractivity contribution in [2.24, 2.45) is 0 Å². The number of carbonyl (C=O) groups excluding carboxylic acids is 1. The van der Waals surface area contributed by atoms with Crippen LogP contribution in [0.2, 0.25) is 0 Å². The maximum absolute atomic E-state index is 14.9. The second-order valence-electron chi connectivity index (χ2n) is 9.01. The highest BCUT2D eigenvalue weighted by atomic mass is 19.4. The average Bonchev–Trinajstić information content (AvgIpc) is 3.06. The highest BCUT2D eigenvalue weighted by Crippen LogP contribution is 2.44. The maximum Gasteiger partial charge on any atom is 0.416 e. The van der Waals surface area contributed by atoms with Crippen LogP contribution in [0.5, 0.6) is 0 Å². The summed E-state index contributed by atoms with van der Waals surface area (Å²) in [5, 5.41) is 2.30. The molecule has 1 aliphatic heterocycles. The normalized spacial score (nSPS) is 17.9. The number of aromatic nitrogens is 1. The van der Waals surface area contributed by atoms with E-state index in [1.54, 1.807) is 6.92 Å². The van der Waals surface area contributed by atoms with Gasteiger partial charge in [0.25, 0.3) is 0 Å². The van der Waals surface area contributed by atoms with Crippen molar-refractivity contribution in [1.29, 1.82) is 0 Å². The average molecular weight is 502 g/mol. The Morgan fingerprint density at radius 3 is 2.23 bits per heavy atom. The molecule has 1 amide bonds. The first kappa shape index (κ1) is 25.0. The third-order valence-corrected chi connectivity index (χ3v) is 5.87. The van der Waals surface area contributed by atoms with Gasteiger partial charge in [-0.15, -0.1) is 0 Å². The predicted molar refractivity (Wildman–Crippen MR) is 115 cm³/mol. The van der Waals surface area contributed by atoms with Gasteiger partial charge in [0.15, 0.2) is 0 Å². The van der Waals surface area contributed by atoms with Crippen LogP contribution < -0.4 is 5.32 Å². The van der Waals surface area contributed by atoms with Crippen molar-refractivity contribution >= 4 is 22.6 Å². The molecular weight excluding hydrogens is 481 g/mol. The predicted octanol–water partition coefficient (Wildman–Crippen LogP) is 7.70. The van der Waals surface area contributed by atoms with Gasteiger partial charge < -0.3 is 10.1 Å². The van der Waals surface area contributed by atoms with E-state index in [1.165, 1.54) is 18.2 Å². The Morgan fingerprint density at radius 2 is 1.69 bits per heavy atom. The smallest absolute Gasteiger partial charge is 0.366 e. The molecular formula is C24H21F7N2O2. The summed E-state index contributed by atoms with van der Waals surface area (Å²) in [5.41, 5.74) is -3.56. The second kappa shape index (κ2) is 8.25. The zero-order valence-electron chi connectivity index (χ0n) is 18.9. The van der Waals surface area contributed by atoms with Crippen LogP contribution in [0.25, 0.3) is 10.9 Å². The monoisotopic (exact) mass is 502 g/mol. The van der Waals surface area contributed by atoms with Crippen molar-refractivity contribution in [2.45, 2.75) is 57.7 Å². The van der Waals surface area contributed by atoms with Crippen LogP contribution in [0, 0.1) is 5.82 Å². The standard InChI is InChI=1S/C24H21F7N2O2/c1-4-18-20-15(11-22(2,3)35-18)19-16(25)6-5-7-17(19)33(20)21(34)32-14-9-12(23(26,27)28)8-13(10-14)24(29,30)31/h5-10,18H,4,11H2,1-3H3,(H,32,34)/t18-/m0/s1. The van der Waals surface area contributed by atoms with Gasteiger partial charge >= 0.3 is 18.4 Å². The topological polar surface area (TPSA) is 43.3 Å². The molecule has 35 heavy (non-hydrogen) atoms. The van der Waals surface area contributed by atoms with Crippen LogP contribution in [0.1, 0.15) is 55.7 Å². The van der Waals surface area contributed by atoms with Crippen LogP contribution in [0.15, 0.2) is 36.4 Å². The Balaban J connectivity index is 1.88. The Kier molecular flexibility index (Phi) is 5.90. The molecule has 1 atom stereocenters. The number of nitrogens with zero attached hydrogens (tertiary/aromatic N) is 1. The van der Waals surface area contributed by atoms with Gasteiger partial charge in [0.05, 0.1) is 34.0 Å². The second-order valence-corrected chi connectivity index (χ2v) is 9.01. The van der Waals surface area contributed by atoms with Gasteiger partial charge in [-0.2, -0.15) is 26.3 Å². The fourth-order valence-electron chi connectivity index (χ4n) is 4.52. The molecule has 1 aliphatic rings. The summed E-state index contributed by atoms with van der Waals surface area (Å²) in [6, 6.07) is 3.83. The molecule has 0 fully saturated rings. The number of nitrogens with one attached hydrogen (secondary N) is 1. The van der Waals surface area contributed by atoms with Crippen molar-refractivity contribution in [3.63, 3.8) is 0 Å². The lowest BCUT2D eigenvalue weighted by molar-refractivity contribution is -0.143. The van der Waals surface area contributed by atoms with Crippen molar-refractivity contribution < 1.29 is 40.3 Å². The molecule has 0 unspecified atom stereocenters. The molecule has 0 saturated heterocycles. The SMILES string of the molecule is CC[C@@H]1OC(C)(C)Cc2c1n(C(=O)Nc1cc(C(F)(F)F)cc(C(F)(F)F)c1)c1cccc(F)c21. The van der Waals surface area contributed by atoms with Crippen LogP contribution in [0.3, 0.4) is 0 Å². The number of rotatable bonds is 2. The first-order chi connectivity index (χ1) is 16.1. The number of ether oxygens (including phenoxy) is 1. The Labute approximate surface area is 195 Å². The molecule has 2 heterocycles. The number of halogens is 7. The van der Waals surface area contributed by atoms with Gasteiger partial charge in [0, 0.05) is 17.5 Å². The minimum absolute atomic E-state index is 0.0268. The lowest BCUT2D eigenvalue weighted by atomic mass is 9.90. The lowest BCUT2D eigenvalue weighted by Gasteiger charge is -2.36. The van der Waals surface area contributed by atoms with Crippen LogP contribution in [0.4, 0.5) is 41.2 Å². The minimum atomic E-state index is -5.07. The van der Waals surface area contributed by atoms with Crippen LogP contribution in [-0.2, 0) is 23.5 Å². The van der Waals surface area contributed by atoms with E-state index in [0.29, 0.717) is 29.8 Å². The molecule has 0 saturated carbocycles. The largest absolute Gasteiger partial charge is 0.416 e. The lowest BCUT2D eigenvalue weighted by Crippen LogP contribution is -2.36. The number of hydrogen-bond donors (Lipinski definition) is 1. The molecule has 0 aliphatic carbocycles. The van der Waals surface area contributed by atoms with E-state index in [1.807, 2.05) is 13.8 Å². The van der Waals surface area contributed by atoms with E-state index >= 15 is 0 Å². The van der Waals surface area contributed by atoms with Gasteiger partial charge in [0.2, 0.25) is 0 Å². The molecule has 1 N–H and O–H groups in total. The number of fused-ring (bicyclic) bond motifs is 3. The summed E-state index contributed by atoms with van der Waals surface area (Å²) in [5.74, 6) is -0.601. The first-order valence-electron chi connectivity index (χ1n) is 10.7. The molecule has 4 rings (SSSR count). The van der Waals surface area contributed by atoms with Crippen molar-refractivity contribution in [2.75, 3.05) is 5.32 Å². The number of benzene rings is 2. The molecule has 188 valence electrons. The summed E-state index contributed by atoms with van der Waals surface area (Å²) in [4.78, 5) is 13.3. The Morgan fingerprint density at radius 1 is 1.09 bits per heavy atom. The van der Waals surface area contributed by atoms with Gasteiger partial charge in [0.1, 0.15) is 5.82 Å². The highest BCUT2D eigenvalue weighted by Gasteiger charge is 2.40. The number of alkyl halides is 6. The zero-order valence-corrected chi connectivity index (χ0v) is 18.9. The molecule has 0 spiro atoms. The summed E-state index contributed by atoms with van der Waals surface area (Å²) < 4.78 is 102. The molecule has 4 nitrogen and oxygen atoms in total. The van der Waals surface area contributed by atoms with E-state index in [-0.39, 0.29) is 23.4 Å². The number of amides is 1. The highest BCUT2D eigenvalue weighted by molar-refractivity contribution is 6.01. The van der Waals surface area contributed by atoms with E-state index in [4.69, 9.17) is 4.74 Å². The number of anilines is 1. The summed E-state index contributed by atoms with van der Waals surface area (Å²) in [7, 11) is 0. The van der Waals surface area contributed by atoms with Gasteiger partial charge in [-0.05, 0) is 56.2 Å². The zero-order chi connectivity index (χ0) is 25.9. The molecule has 11 heteroatoms. The Bertz CT molecular complexity index is 1270. The van der Waals surface area contributed by atoms with Crippen molar-refractivity contribution in [3.05, 3.63) is 64.6 Å². The van der Waals surface area contributed by atoms with Gasteiger partial charge in [-0.1, -0.05) is 13.0 Å². The minimum Gasteiger partial charge on any atom is -0.366 e. The third kappa shape index (κ3) is 4.61. The fourth-order valence-corrected chi connectivity index (χ4v) is 4.52. The quantitative estimate of drug-likeness (QED) is 0.365. The van der Waals surface area contributed by atoms with Crippen LogP contribution in [-0.4, -0.2) is 16.2 Å². The van der Waals surface area contributed by atoms with E-state index < -0.39 is 52.7 Å². The summed E-state index contributed by atoms with van der Waals surface area (Å²) in [6.45, 7) is 5.41. The molecule has 1 aromatic heterocycles. The third-order valence-electron chi connectivity index (χ3n) is 5.87. The number of carbonyl (C=O) groups is 1. The number of hydrogen-bond acceptors (Lipinski definition) is 2. The van der Waals surface area contributed by atoms with Crippen LogP contribution >= 0.6 is 0 Å². The maximum atomic E-state index is 14.9. The van der Waals surface area contributed by atoms with E-state index in [9.17, 15) is 35.5 Å².